The van der Waals surface area contributed by atoms with Gasteiger partial charge in [-0.25, -0.2) is 8.42 Å². The van der Waals surface area contributed by atoms with Crippen LogP contribution in [-0.4, -0.2) is 25.9 Å². The fraction of sp³-hybridized carbons (Fsp3) is 0.333. The van der Waals surface area contributed by atoms with E-state index in [-0.39, 0.29) is 12.4 Å². The van der Waals surface area contributed by atoms with E-state index in [0.29, 0.717) is 5.69 Å². The van der Waals surface area contributed by atoms with Gasteiger partial charge in [-0.05, 0) is 11.4 Å². The van der Waals surface area contributed by atoms with Gasteiger partial charge in [-0.15, -0.1) is 0 Å². The lowest BCUT2D eigenvalue weighted by Crippen LogP contribution is -2.18. The minimum atomic E-state index is -3.35. The molecule has 1 aromatic rings. The Labute approximate surface area is 74.9 Å². The summed E-state index contributed by atoms with van der Waals surface area (Å²) in [6, 6.07) is 1.67. The zero-order chi connectivity index (χ0) is 9.03. The molecule has 0 aromatic carbocycles. The van der Waals surface area contributed by atoms with Crippen molar-refractivity contribution in [3.05, 3.63) is 16.8 Å². The van der Waals surface area contributed by atoms with Gasteiger partial charge in [0.2, 0.25) is 10.0 Å². The van der Waals surface area contributed by atoms with Gasteiger partial charge in [-0.1, -0.05) is 0 Å². The maximum atomic E-state index is 11.0. The van der Waals surface area contributed by atoms with Gasteiger partial charge in [0.15, 0.2) is 0 Å². The number of hydrogen-bond donors (Lipinski definition) is 2. The molecule has 4 nitrogen and oxygen atoms in total. The van der Waals surface area contributed by atoms with Crippen LogP contribution in [0.15, 0.2) is 16.8 Å². The first-order valence-corrected chi connectivity index (χ1v) is 5.87. The number of nitrogens with one attached hydrogen (secondary N) is 1. The highest BCUT2D eigenvalue weighted by Crippen LogP contribution is 2.13. The van der Waals surface area contributed by atoms with Crippen molar-refractivity contribution in [3.63, 3.8) is 0 Å². The smallest absolute Gasteiger partial charge is 0.235 e. The van der Waals surface area contributed by atoms with Crippen LogP contribution in [0.2, 0.25) is 0 Å². The Hall–Kier alpha value is -0.590. The summed E-state index contributed by atoms with van der Waals surface area (Å²) in [5, 5.41) is 11.9. The second-order valence-corrected chi connectivity index (χ2v) is 4.78. The van der Waals surface area contributed by atoms with Crippen molar-refractivity contribution in [2.45, 2.75) is 0 Å². The van der Waals surface area contributed by atoms with Crippen LogP contribution in [-0.2, 0) is 10.0 Å². The summed E-state index contributed by atoms with van der Waals surface area (Å²) in [5.41, 5.74) is 0.549. The van der Waals surface area contributed by atoms with Crippen LogP contribution in [0.5, 0.6) is 0 Å². The molecule has 0 bridgehead atoms. The summed E-state index contributed by atoms with van der Waals surface area (Å²) in [4.78, 5) is 0. The number of hydrogen-bond acceptors (Lipinski definition) is 4. The molecule has 12 heavy (non-hydrogen) atoms. The molecular weight excluding hydrogens is 198 g/mol. The van der Waals surface area contributed by atoms with Crippen molar-refractivity contribution in [1.29, 1.82) is 0 Å². The van der Waals surface area contributed by atoms with Gasteiger partial charge in [0.25, 0.3) is 0 Å². The van der Waals surface area contributed by atoms with Crippen LogP contribution >= 0.6 is 11.3 Å². The minimum absolute atomic E-state index is 0.261. The van der Waals surface area contributed by atoms with E-state index in [0.717, 1.165) is 0 Å². The normalized spacial score (nSPS) is 11.4. The molecule has 0 aliphatic rings. The topological polar surface area (TPSA) is 66.4 Å². The maximum absolute atomic E-state index is 11.0. The minimum Gasteiger partial charge on any atom is -0.395 e. The van der Waals surface area contributed by atoms with Crippen LogP contribution < -0.4 is 4.72 Å². The van der Waals surface area contributed by atoms with Gasteiger partial charge in [0.05, 0.1) is 18.0 Å². The van der Waals surface area contributed by atoms with Gasteiger partial charge in [0, 0.05) is 5.38 Å². The van der Waals surface area contributed by atoms with Crippen molar-refractivity contribution < 1.29 is 13.5 Å². The quantitative estimate of drug-likeness (QED) is 0.754. The first-order chi connectivity index (χ1) is 5.64. The lowest BCUT2D eigenvalue weighted by atomic mass is 10.6. The highest BCUT2D eigenvalue weighted by atomic mass is 32.2. The molecule has 0 saturated heterocycles. The number of thiophene rings is 1. The van der Waals surface area contributed by atoms with E-state index < -0.39 is 10.0 Å². The van der Waals surface area contributed by atoms with Gasteiger partial charge >= 0.3 is 0 Å². The molecule has 1 heterocycles. The molecule has 0 fully saturated rings. The monoisotopic (exact) mass is 207 g/mol. The Morgan fingerprint density at radius 2 is 2.33 bits per heavy atom. The van der Waals surface area contributed by atoms with Crippen LogP contribution in [0.1, 0.15) is 0 Å². The van der Waals surface area contributed by atoms with Gasteiger partial charge in [-0.3, -0.25) is 4.72 Å². The van der Waals surface area contributed by atoms with E-state index in [1.165, 1.54) is 11.3 Å². The third-order valence-electron chi connectivity index (χ3n) is 1.15. The van der Waals surface area contributed by atoms with E-state index in [9.17, 15) is 8.42 Å². The Morgan fingerprint density at radius 1 is 1.58 bits per heavy atom. The molecule has 0 saturated carbocycles. The number of rotatable bonds is 4. The second-order valence-electron chi connectivity index (χ2n) is 2.16. The van der Waals surface area contributed by atoms with Crippen molar-refractivity contribution in [2.24, 2.45) is 0 Å². The van der Waals surface area contributed by atoms with E-state index in [1.54, 1.807) is 16.8 Å². The summed E-state index contributed by atoms with van der Waals surface area (Å²) in [7, 11) is -3.35. The van der Waals surface area contributed by atoms with Crippen LogP contribution in [0.3, 0.4) is 0 Å². The lowest BCUT2D eigenvalue weighted by molar-refractivity contribution is 0.320. The Balaban J connectivity index is 2.63. The van der Waals surface area contributed by atoms with Crippen molar-refractivity contribution in [3.8, 4) is 0 Å². The van der Waals surface area contributed by atoms with E-state index in [2.05, 4.69) is 4.72 Å². The molecule has 2 N–H and O–H groups in total. The van der Waals surface area contributed by atoms with Crippen molar-refractivity contribution >= 4 is 27.0 Å². The molecule has 0 spiro atoms. The Bertz CT molecular complexity index is 317. The summed E-state index contributed by atoms with van der Waals surface area (Å²) >= 11 is 1.41. The fourth-order valence-corrected chi connectivity index (χ4v) is 2.16. The summed E-state index contributed by atoms with van der Waals surface area (Å²) in [6.45, 7) is -0.362. The van der Waals surface area contributed by atoms with Crippen LogP contribution in [0.4, 0.5) is 5.69 Å². The summed E-state index contributed by atoms with van der Waals surface area (Å²) in [6.07, 6.45) is 0. The molecule has 0 amide bonds. The molecule has 1 rings (SSSR count). The number of aliphatic hydroxyl groups is 1. The molecule has 1 aromatic heterocycles. The fourth-order valence-electron chi connectivity index (χ4n) is 0.673. The molecule has 6 heteroatoms. The molecular formula is C6H9NO3S2. The maximum Gasteiger partial charge on any atom is 0.235 e. The highest BCUT2D eigenvalue weighted by molar-refractivity contribution is 7.92. The molecule has 68 valence electrons. The summed E-state index contributed by atoms with van der Waals surface area (Å²) < 4.78 is 24.4. The molecule has 0 aliphatic carbocycles. The molecule has 0 unspecified atom stereocenters. The third kappa shape index (κ3) is 2.80. The number of aliphatic hydroxyl groups excluding tert-OH is 1. The van der Waals surface area contributed by atoms with Gasteiger partial charge in [-0.2, -0.15) is 11.3 Å². The number of anilines is 1. The second kappa shape index (κ2) is 3.88. The summed E-state index contributed by atoms with van der Waals surface area (Å²) in [5.74, 6) is -0.261. The van der Waals surface area contributed by atoms with E-state index >= 15 is 0 Å². The predicted octanol–water partition coefficient (Wildman–Crippen LogP) is 0.482. The standard InChI is InChI=1S/C6H9NO3S2/c8-2-4-12(9,10)7-6-1-3-11-5-6/h1,3,5,7-8H,2,4H2. The third-order valence-corrected chi connectivity index (χ3v) is 3.10. The lowest BCUT2D eigenvalue weighted by Gasteiger charge is -2.02. The SMILES string of the molecule is O=S(=O)(CCO)Nc1ccsc1. The average Bonchev–Trinajstić information content (AvgIpc) is 2.38. The van der Waals surface area contributed by atoms with Crippen LogP contribution in [0, 0.1) is 0 Å². The highest BCUT2D eigenvalue weighted by Gasteiger charge is 2.08. The first-order valence-electron chi connectivity index (χ1n) is 3.27. The average molecular weight is 207 g/mol. The molecule has 0 atom stereocenters. The van der Waals surface area contributed by atoms with E-state index in [1.807, 2.05) is 0 Å². The first kappa shape index (κ1) is 9.50. The van der Waals surface area contributed by atoms with E-state index in [4.69, 9.17) is 5.11 Å². The Morgan fingerprint density at radius 3 is 2.83 bits per heavy atom. The van der Waals surface area contributed by atoms with Crippen molar-refractivity contribution in [2.75, 3.05) is 17.1 Å². The zero-order valence-corrected chi connectivity index (χ0v) is 7.86. The molecule has 0 radical (unpaired) electrons. The van der Waals surface area contributed by atoms with Crippen LogP contribution in [0.25, 0.3) is 0 Å². The zero-order valence-electron chi connectivity index (χ0n) is 6.23. The largest absolute Gasteiger partial charge is 0.395 e. The number of sulfonamides is 1. The predicted molar refractivity (Wildman–Crippen MR) is 48.8 cm³/mol. The van der Waals surface area contributed by atoms with Gasteiger partial charge in [0.1, 0.15) is 0 Å². The van der Waals surface area contributed by atoms with Crippen molar-refractivity contribution in [1.82, 2.24) is 0 Å². The Kier molecular flexibility index (Phi) is 3.07. The van der Waals surface area contributed by atoms with Gasteiger partial charge < -0.3 is 5.11 Å². The molecule has 0 aliphatic heterocycles.